The lowest BCUT2D eigenvalue weighted by Crippen LogP contribution is -2.38. The summed E-state index contributed by atoms with van der Waals surface area (Å²) >= 11 is 1.29. The van der Waals surface area contributed by atoms with E-state index in [9.17, 15) is 19.2 Å². The number of thiazole rings is 1. The molecule has 0 aliphatic carbocycles. The van der Waals surface area contributed by atoms with E-state index in [-0.39, 0.29) is 35.6 Å². The number of carbonyl (C=O) groups excluding carboxylic acids is 4. The van der Waals surface area contributed by atoms with Gasteiger partial charge in [0.05, 0.1) is 11.1 Å². The lowest BCUT2D eigenvalue weighted by Gasteiger charge is -2.26. The Morgan fingerprint density at radius 1 is 0.976 bits per heavy atom. The van der Waals surface area contributed by atoms with E-state index in [1.165, 1.54) is 23.2 Å². The molecular weight excluding hydrogens is 552 g/mol. The molecule has 42 heavy (non-hydrogen) atoms. The van der Waals surface area contributed by atoms with Gasteiger partial charge in [0, 0.05) is 37.9 Å². The maximum absolute atomic E-state index is 12.8. The second-order valence-electron chi connectivity index (χ2n) is 10.9. The number of carbonyl (C=O) groups is 4. The van der Waals surface area contributed by atoms with Crippen LogP contribution in [0.4, 0.5) is 0 Å². The smallest absolute Gasteiger partial charge is 0.303 e. The zero-order valence-corrected chi connectivity index (χ0v) is 25.3. The van der Waals surface area contributed by atoms with Crippen molar-refractivity contribution in [3.63, 3.8) is 0 Å². The van der Waals surface area contributed by atoms with E-state index in [0.717, 1.165) is 5.56 Å². The molecule has 0 radical (unpaired) electrons. The summed E-state index contributed by atoms with van der Waals surface area (Å²) in [7, 11) is 0. The van der Waals surface area contributed by atoms with Gasteiger partial charge in [-0.3, -0.25) is 24.1 Å². The van der Waals surface area contributed by atoms with Crippen molar-refractivity contribution in [2.24, 2.45) is 5.92 Å². The predicted octanol–water partition coefficient (Wildman–Crippen LogP) is 4.97. The maximum Gasteiger partial charge on any atom is 0.303 e. The van der Waals surface area contributed by atoms with Gasteiger partial charge >= 0.3 is 5.97 Å². The lowest BCUT2D eigenvalue weighted by molar-refractivity contribution is -0.147. The largest absolute Gasteiger partial charge is 0.455 e. The first-order valence-electron chi connectivity index (χ1n) is 14.3. The summed E-state index contributed by atoms with van der Waals surface area (Å²) < 4.78 is 5.66. The highest BCUT2D eigenvalue weighted by molar-refractivity contribution is 7.09. The fourth-order valence-corrected chi connectivity index (χ4v) is 5.80. The van der Waals surface area contributed by atoms with Crippen LogP contribution < -0.4 is 10.6 Å². The van der Waals surface area contributed by atoms with Crippen LogP contribution in [0.2, 0.25) is 0 Å². The Balaban J connectivity index is 1.32. The predicted molar refractivity (Wildman–Crippen MR) is 161 cm³/mol. The maximum atomic E-state index is 12.8. The van der Waals surface area contributed by atoms with E-state index < -0.39 is 12.1 Å². The van der Waals surface area contributed by atoms with Gasteiger partial charge in [-0.15, -0.1) is 11.3 Å². The SMILES string of the molecule is CC(=O)O[C@H](C[C@@H](NCCCN1C(=O)c2ccccc2C1=O)C(C)C)c1nc(C(=O)NC[C@@H](C)c2ccccc2)cs1. The summed E-state index contributed by atoms with van der Waals surface area (Å²) in [5.74, 6) is -0.866. The summed E-state index contributed by atoms with van der Waals surface area (Å²) in [6.07, 6.45) is 0.424. The summed E-state index contributed by atoms with van der Waals surface area (Å²) in [6.45, 7) is 8.90. The average molecular weight is 591 g/mol. The molecule has 1 aromatic heterocycles. The van der Waals surface area contributed by atoms with E-state index >= 15 is 0 Å². The van der Waals surface area contributed by atoms with Gasteiger partial charge in [0.25, 0.3) is 17.7 Å². The highest BCUT2D eigenvalue weighted by Gasteiger charge is 2.34. The number of ether oxygens (including phenoxy) is 1. The number of benzene rings is 2. The van der Waals surface area contributed by atoms with Crippen LogP contribution in [-0.4, -0.2) is 59.3 Å². The summed E-state index contributed by atoms with van der Waals surface area (Å²) in [6, 6.07) is 16.8. The number of nitrogens with one attached hydrogen (secondary N) is 2. The number of rotatable bonds is 14. The van der Waals surface area contributed by atoms with Crippen molar-refractivity contribution in [3.8, 4) is 0 Å². The third-order valence-electron chi connectivity index (χ3n) is 7.39. The Morgan fingerprint density at radius 3 is 2.24 bits per heavy atom. The molecule has 2 N–H and O–H groups in total. The van der Waals surface area contributed by atoms with Crippen molar-refractivity contribution in [1.82, 2.24) is 20.5 Å². The van der Waals surface area contributed by atoms with Crippen LogP contribution >= 0.6 is 11.3 Å². The number of nitrogens with zero attached hydrogens (tertiary/aromatic N) is 2. The van der Waals surface area contributed by atoms with Gasteiger partial charge in [-0.25, -0.2) is 4.98 Å². The first-order valence-corrected chi connectivity index (χ1v) is 15.2. The van der Waals surface area contributed by atoms with Crippen LogP contribution in [0.25, 0.3) is 0 Å². The molecule has 1 aliphatic rings. The van der Waals surface area contributed by atoms with Gasteiger partial charge in [0.1, 0.15) is 10.7 Å². The Labute approximate surface area is 250 Å². The van der Waals surface area contributed by atoms with Gasteiger partial charge in [0.2, 0.25) is 0 Å². The van der Waals surface area contributed by atoms with E-state index in [2.05, 4.69) is 36.4 Å². The Kier molecular flexibility index (Phi) is 10.6. The number of hydrogen-bond donors (Lipinski definition) is 2. The van der Waals surface area contributed by atoms with E-state index in [0.29, 0.717) is 54.3 Å². The van der Waals surface area contributed by atoms with Crippen molar-refractivity contribution < 1.29 is 23.9 Å². The Morgan fingerprint density at radius 2 is 1.62 bits per heavy atom. The van der Waals surface area contributed by atoms with Crippen molar-refractivity contribution in [2.45, 2.75) is 58.6 Å². The molecule has 0 saturated heterocycles. The zero-order valence-electron chi connectivity index (χ0n) is 24.5. The fourth-order valence-electron chi connectivity index (χ4n) is 4.96. The monoisotopic (exact) mass is 590 g/mol. The van der Waals surface area contributed by atoms with Crippen LogP contribution in [0.3, 0.4) is 0 Å². The minimum Gasteiger partial charge on any atom is -0.455 e. The summed E-state index contributed by atoms with van der Waals surface area (Å²) in [5, 5.41) is 8.70. The number of imide groups is 1. The quantitative estimate of drug-likeness (QED) is 0.155. The van der Waals surface area contributed by atoms with E-state index in [1.807, 2.05) is 30.3 Å². The topological polar surface area (TPSA) is 118 Å². The molecule has 0 unspecified atom stereocenters. The number of aromatic nitrogens is 1. The van der Waals surface area contributed by atoms with Gasteiger partial charge < -0.3 is 15.4 Å². The van der Waals surface area contributed by atoms with E-state index in [4.69, 9.17) is 4.74 Å². The van der Waals surface area contributed by atoms with Crippen LogP contribution in [-0.2, 0) is 9.53 Å². The van der Waals surface area contributed by atoms with Gasteiger partial charge in [-0.2, -0.15) is 0 Å². The zero-order chi connectivity index (χ0) is 30.2. The second-order valence-corrected chi connectivity index (χ2v) is 11.8. The number of fused-ring (bicyclic) bond motifs is 1. The molecule has 2 aromatic carbocycles. The molecule has 3 amide bonds. The Hall–Kier alpha value is -3.89. The van der Waals surface area contributed by atoms with Crippen LogP contribution in [0.15, 0.2) is 60.0 Å². The molecule has 0 saturated carbocycles. The minimum atomic E-state index is -0.617. The third-order valence-corrected chi connectivity index (χ3v) is 8.33. The van der Waals surface area contributed by atoms with Crippen LogP contribution in [0.5, 0.6) is 0 Å². The second kappa shape index (κ2) is 14.3. The normalized spacial score (nSPS) is 14.9. The molecule has 1 aliphatic heterocycles. The van der Waals surface area contributed by atoms with Crippen molar-refractivity contribution in [2.75, 3.05) is 19.6 Å². The van der Waals surface area contributed by atoms with Crippen LogP contribution in [0, 0.1) is 5.92 Å². The molecule has 4 rings (SSSR count). The summed E-state index contributed by atoms with van der Waals surface area (Å²) in [4.78, 5) is 55.9. The molecule has 9 nitrogen and oxygen atoms in total. The van der Waals surface area contributed by atoms with Gasteiger partial charge in [0.15, 0.2) is 6.10 Å². The highest BCUT2D eigenvalue weighted by Crippen LogP contribution is 2.29. The first-order chi connectivity index (χ1) is 20.2. The van der Waals surface area contributed by atoms with Gasteiger partial charge in [-0.1, -0.05) is 63.2 Å². The molecule has 0 spiro atoms. The fraction of sp³-hybridized carbons (Fsp3) is 0.406. The molecule has 3 aromatic rings. The molecule has 2 heterocycles. The molecular formula is C32H38N4O5S. The van der Waals surface area contributed by atoms with Gasteiger partial charge in [-0.05, 0) is 42.5 Å². The standard InChI is InChI=1S/C32H38N4O5S/c1-20(2)26(33-15-10-16-36-31(39)24-13-8-9-14-25(24)32(36)40)17-28(41-22(4)37)30-35-27(19-42-30)29(38)34-18-21(3)23-11-6-5-7-12-23/h5-9,11-14,19-21,26,28,33H,10,15-18H2,1-4H3,(H,34,38)/t21-,26-,28-/m1/s1. The summed E-state index contributed by atoms with van der Waals surface area (Å²) in [5.41, 5.74) is 2.33. The van der Waals surface area contributed by atoms with E-state index in [1.54, 1.807) is 29.6 Å². The number of esters is 1. The number of amides is 3. The van der Waals surface area contributed by atoms with Crippen molar-refractivity contribution >= 4 is 35.0 Å². The molecule has 0 bridgehead atoms. The first kappa shape index (κ1) is 31.1. The lowest BCUT2D eigenvalue weighted by atomic mass is 9.97. The molecule has 0 fully saturated rings. The number of hydrogen-bond acceptors (Lipinski definition) is 8. The highest BCUT2D eigenvalue weighted by atomic mass is 32.1. The molecule has 3 atom stereocenters. The molecule has 222 valence electrons. The third kappa shape index (κ3) is 7.68. The van der Waals surface area contributed by atoms with Crippen molar-refractivity contribution in [3.05, 3.63) is 87.4 Å². The average Bonchev–Trinajstić information content (AvgIpc) is 3.57. The minimum absolute atomic E-state index is 0.0376. The molecule has 10 heteroatoms. The Bertz CT molecular complexity index is 1370. The van der Waals surface area contributed by atoms with Crippen LogP contribution in [0.1, 0.15) is 94.3 Å². The van der Waals surface area contributed by atoms with Crippen molar-refractivity contribution in [1.29, 1.82) is 0 Å².